The van der Waals surface area contributed by atoms with E-state index in [0.29, 0.717) is 10.2 Å². The Morgan fingerprint density at radius 1 is 1.14 bits per heavy atom. The Hall–Kier alpha value is -1.72. The van der Waals surface area contributed by atoms with Crippen LogP contribution in [0.1, 0.15) is 11.1 Å². The van der Waals surface area contributed by atoms with E-state index in [1.165, 1.54) is 0 Å². The smallest absolute Gasteiger partial charge is 0.266 e. The number of H-pyrrole nitrogens is 1. The van der Waals surface area contributed by atoms with Crippen molar-refractivity contribution in [3.63, 3.8) is 0 Å². The van der Waals surface area contributed by atoms with Crippen LogP contribution in [0.3, 0.4) is 0 Å². The molecule has 1 aromatic heterocycles. The quantitative estimate of drug-likeness (QED) is 0.652. The predicted molar refractivity (Wildman–Crippen MR) is 91.9 cm³/mol. The number of hydrogen-bond donors (Lipinski definition) is 1. The fourth-order valence-corrected chi connectivity index (χ4v) is 3.11. The van der Waals surface area contributed by atoms with Gasteiger partial charge in [-0.3, -0.25) is 9.36 Å². The third-order valence-corrected chi connectivity index (χ3v) is 4.23. The molecule has 0 aliphatic heterocycles. The number of benzene rings is 2. The summed E-state index contributed by atoms with van der Waals surface area (Å²) < 4.78 is 2.82. The molecule has 0 amide bonds. The Morgan fingerprint density at radius 2 is 1.90 bits per heavy atom. The SMILES string of the molecule is Cc1ccc(-n2c(=S)[nH]c3ccc(Br)cc3c2=O)c(C)c1. The molecular weight excluding hydrogens is 348 g/mol. The highest BCUT2D eigenvalue weighted by Crippen LogP contribution is 2.18. The lowest BCUT2D eigenvalue weighted by Gasteiger charge is -2.11. The van der Waals surface area contributed by atoms with Crippen LogP contribution in [-0.2, 0) is 0 Å². The number of aromatic amines is 1. The first kappa shape index (κ1) is 14.2. The molecule has 2 aromatic carbocycles. The normalized spacial score (nSPS) is 11.0. The molecule has 0 aliphatic carbocycles. The van der Waals surface area contributed by atoms with Gasteiger partial charge in [-0.25, -0.2) is 0 Å². The second-order valence-corrected chi connectivity index (χ2v) is 6.35. The monoisotopic (exact) mass is 360 g/mol. The van der Waals surface area contributed by atoms with Crippen molar-refractivity contribution < 1.29 is 0 Å². The highest BCUT2D eigenvalue weighted by molar-refractivity contribution is 9.10. The number of fused-ring (bicyclic) bond motifs is 1. The average Bonchev–Trinajstić information content (AvgIpc) is 2.42. The molecule has 0 spiro atoms. The Morgan fingerprint density at radius 3 is 2.62 bits per heavy atom. The molecule has 3 aromatic rings. The van der Waals surface area contributed by atoms with Crippen LogP contribution in [-0.4, -0.2) is 9.55 Å². The lowest BCUT2D eigenvalue weighted by Crippen LogP contribution is -2.21. The van der Waals surface area contributed by atoms with E-state index in [0.717, 1.165) is 26.8 Å². The maximum Gasteiger partial charge on any atom is 0.266 e. The van der Waals surface area contributed by atoms with Crippen molar-refractivity contribution in [2.75, 3.05) is 0 Å². The van der Waals surface area contributed by atoms with Crippen molar-refractivity contribution in [2.24, 2.45) is 0 Å². The standard InChI is InChI=1S/C16H13BrN2OS/c1-9-3-6-14(10(2)7-9)19-15(20)12-8-11(17)4-5-13(12)18-16(19)21/h3-8H,1-2H3,(H,18,21). The maximum atomic E-state index is 12.8. The summed E-state index contributed by atoms with van der Waals surface area (Å²) >= 11 is 8.77. The van der Waals surface area contributed by atoms with Gasteiger partial charge in [0.2, 0.25) is 0 Å². The molecule has 1 N–H and O–H groups in total. The molecule has 0 fully saturated rings. The fraction of sp³-hybridized carbons (Fsp3) is 0.125. The van der Waals surface area contributed by atoms with E-state index in [9.17, 15) is 4.79 Å². The second kappa shape index (κ2) is 5.24. The Bertz CT molecular complexity index is 972. The van der Waals surface area contributed by atoms with E-state index in [2.05, 4.69) is 20.9 Å². The Labute approximate surface area is 135 Å². The zero-order valence-corrected chi connectivity index (χ0v) is 14.0. The summed E-state index contributed by atoms with van der Waals surface area (Å²) in [6.45, 7) is 4.01. The van der Waals surface area contributed by atoms with Crippen LogP contribution in [0.15, 0.2) is 45.7 Å². The van der Waals surface area contributed by atoms with Crippen molar-refractivity contribution in [1.29, 1.82) is 0 Å². The van der Waals surface area contributed by atoms with Crippen molar-refractivity contribution >= 4 is 39.1 Å². The predicted octanol–water partition coefficient (Wildman–Crippen LogP) is 4.43. The van der Waals surface area contributed by atoms with E-state index < -0.39 is 0 Å². The zero-order chi connectivity index (χ0) is 15.1. The average molecular weight is 361 g/mol. The maximum absolute atomic E-state index is 12.8. The molecule has 21 heavy (non-hydrogen) atoms. The molecular formula is C16H13BrN2OS. The van der Waals surface area contributed by atoms with Crippen molar-refractivity contribution in [3.05, 3.63) is 67.1 Å². The molecule has 106 valence electrons. The Balaban J connectivity index is 2.43. The van der Waals surface area contributed by atoms with Crippen LogP contribution in [0.2, 0.25) is 0 Å². The van der Waals surface area contributed by atoms with Gasteiger partial charge in [-0.15, -0.1) is 0 Å². The number of halogens is 1. The first-order chi connectivity index (χ1) is 9.97. The van der Waals surface area contributed by atoms with E-state index in [-0.39, 0.29) is 5.56 Å². The summed E-state index contributed by atoms with van der Waals surface area (Å²) in [6.07, 6.45) is 0. The minimum atomic E-state index is -0.109. The summed E-state index contributed by atoms with van der Waals surface area (Å²) in [5, 5.41) is 0.609. The number of aromatic nitrogens is 2. The molecule has 0 saturated carbocycles. The zero-order valence-electron chi connectivity index (χ0n) is 11.6. The van der Waals surface area contributed by atoms with Crippen LogP contribution in [0.4, 0.5) is 0 Å². The number of hydrogen-bond acceptors (Lipinski definition) is 2. The fourth-order valence-electron chi connectivity index (χ4n) is 2.46. The van der Waals surface area contributed by atoms with Gasteiger partial charge in [-0.05, 0) is 55.9 Å². The molecule has 0 radical (unpaired) electrons. The van der Waals surface area contributed by atoms with Gasteiger partial charge in [0, 0.05) is 4.47 Å². The largest absolute Gasteiger partial charge is 0.331 e. The lowest BCUT2D eigenvalue weighted by molar-refractivity contribution is 0.929. The van der Waals surface area contributed by atoms with Crippen molar-refractivity contribution in [1.82, 2.24) is 9.55 Å². The van der Waals surface area contributed by atoms with Crippen LogP contribution in [0.25, 0.3) is 16.6 Å². The van der Waals surface area contributed by atoms with Gasteiger partial charge in [0.1, 0.15) is 0 Å². The topological polar surface area (TPSA) is 37.8 Å². The van der Waals surface area contributed by atoms with Crippen molar-refractivity contribution in [3.8, 4) is 5.69 Å². The molecule has 0 aliphatic rings. The highest BCUT2D eigenvalue weighted by Gasteiger charge is 2.10. The first-order valence-electron chi connectivity index (χ1n) is 6.49. The van der Waals surface area contributed by atoms with E-state index in [1.807, 2.05) is 50.2 Å². The third-order valence-electron chi connectivity index (χ3n) is 3.45. The van der Waals surface area contributed by atoms with Crippen molar-refractivity contribution in [2.45, 2.75) is 13.8 Å². The Kier molecular flexibility index (Phi) is 3.55. The molecule has 0 saturated heterocycles. The van der Waals surface area contributed by atoms with Gasteiger partial charge < -0.3 is 4.98 Å². The van der Waals surface area contributed by atoms with E-state index >= 15 is 0 Å². The summed E-state index contributed by atoms with van der Waals surface area (Å²) in [5.74, 6) is 0. The van der Waals surface area contributed by atoms with Gasteiger partial charge >= 0.3 is 0 Å². The number of nitrogens with one attached hydrogen (secondary N) is 1. The number of nitrogens with zero attached hydrogens (tertiary/aromatic N) is 1. The second-order valence-electron chi connectivity index (χ2n) is 5.05. The van der Waals surface area contributed by atoms with Crippen LogP contribution >= 0.6 is 28.1 Å². The summed E-state index contributed by atoms with van der Waals surface area (Å²) in [6, 6.07) is 11.5. The van der Waals surface area contributed by atoms with Crippen LogP contribution in [0.5, 0.6) is 0 Å². The van der Waals surface area contributed by atoms with Gasteiger partial charge in [-0.1, -0.05) is 33.6 Å². The van der Waals surface area contributed by atoms with Gasteiger partial charge in [0.15, 0.2) is 4.77 Å². The number of rotatable bonds is 1. The summed E-state index contributed by atoms with van der Waals surface area (Å²) in [4.78, 5) is 15.9. The van der Waals surface area contributed by atoms with Crippen LogP contribution < -0.4 is 5.56 Å². The molecule has 3 nitrogen and oxygen atoms in total. The van der Waals surface area contributed by atoms with Gasteiger partial charge in [0.25, 0.3) is 5.56 Å². The minimum absolute atomic E-state index is 0.109. The lowest BCUT2D eigenvalue weighted by atomic mass is 10.1. The molecule has 5 heteroatoms. The molecule has 0 atom stereocenters. The molecule has 0 bridgehead atoms. The van der Waals surface area contributed by atoms with Crippen LogP contribution in [0, 0.1) is 18.6 Å². The number of aryl methyl sites for hydroxylation is 2. The summed E-state index contributed by atoms with van der Waals surface area (Å²) in [5.41, 5.74) is 3.62. The molecule has 0 unspecified atom stereocenters. The third kappa shape index (κ3) is 2.47. The first-order valence-corrected chi connectivity index (χ1v) is 7.70. The van der Waals surface area contributed by atoms with E-state index in [1.54, 1.807) is 4.57 Å². The molecule has 1 heterocycles. The minimum Gasteiger partial charge on any atom is -0.331 e. The molecule has 3 rings (SSSR count). The highest BCUT2D eigenvalue weighted by atomic mass is 79.9. The van der Waals surface area contributed by atoms with E-state index in [4.69, 9.17) is 12.2 Å². The van der Waals surface area contributed by atoms with Gasteiger partial charge in [0.05, 0.1) is 16.6 Å². The summed E-state index contributed by atoms with van der Waals surface area (Å²) in [7, 11) is 0. The van der Waals surface area contributed by atoms with Gasteiger partial charge in [-0.2, -0.15) is 0 Å².